The molecule has 3 rings (SSSR count). The Morgan fingerprint density at radius 1 is 1.08 bits per heavy atom. The predicted octanol–water partition coefficient (Wildman–Crippen LogP) is 2.73. The van der Waals surface area contributed by atoms with Crippen molar-refractivity contribution in [1.82, 2.24) is 4.98 Å². The number of ether oxygens (including phenoxy) is 1. The lowest BCUT2D eigenvalue weighted by Gasteiger charge is -2.12. The van der Waals surface area contributed by atoms with Gasteiger partial charge in [-0.15, -0.1) is 0 Å². The molecule has 1 aromatic heterocycles. The molecular formula is C19H19Cl2N2O-. The number of rotatable bonds is 5. The second-order valence-corrected chi connectivity index (χ2v) is 5.91. The lowest BCUT2D eigenvalue weighted by Crippen LogP contribution is -3.00. The molecule has 0 saturated carbocycles. The molecule has 3 nitrogen and oxygen atoms in total. The Labute approximate surface area is 153 Å². The molecule has 1 heterocycles. The van der Waals surface area contributed by atoms with Crippen molar-refractivity contribution in [3.05, 3.63) is 59.2 Å². The van der Waals surface area contributed by atoms with E-state index in [-0.39, 0.29) is 12.4 Å². The van der Waals surface area contributed by atoms with E-state index in [9.17, 15) is 0 Å². The first-order valence-corrected chi connectivity index (χ1v) is 8.10. The van der Waals surface area contributed by atoms with Gasteiger partial charge in [-0.25, -0.2) is 0 Å². The normalized spacial score (nSPS) is 10.3. The van der Waals surface area contributed by atoms with E-state index in [0.29, 0.717) is 5.02 Å². The molecule has 0 radical (unpaired) electrons. The number of nitrogens with zero attached hydrogens (tertiary/aromatic N) is 1. The highest BCUT2D eigenvalue weighted by Crippen LogP contribution is 2.29. The number of pyridine rings is 1. The van der Waals surface area contributed by atoms with Crippen LogP contribution in [0.2, 0.25) is 5.02 Å². The first-order chi connectivity index (χ1) is 11.2. The van der Waals surface area contributed by atoms with E-state index in [4.69, 9.17) is 16.3 Å². The predicted molar refractivity (Wildman–Crippen MR) is 97.0 cm³/mol. The smallest absolute Gasteiger partial charge is 0.119 e. The van der Waals surface area contributed by atoms with Crippen molar-refractivity contribution >= 4 is 33.9 Å². The van der Waals surface area contributed by atoms with Crippen LogP contribution in [-0.4, -0.2) is 11.6 Å². The first-order valence-electron chi connectivity index (χ1n) is 7.72. The molecule has 5 heteroatoms. The number of hydrogen-bond acceptors (Lipinski definition) is 3. The second kappa shape index (κ2) is 8.22. The number of aryl methyl sites for hydroxylation is 1. The van der Waals surface area contributed by atoms with Crippen molar-refractivity contribution < 1.29 is 17.1 Å². The Kier molecular flexibility index (Phi) is 6.29. The van der Waals surface area contributed by atoms with Crippen LogP contribution in [-0.2, 0) is 0 Å². The van der Waals surface area contributed by atoms with Crippen LogP contribution < -0.4 is 22.5 Å². The summed E-state index contributed by atoms with van der Waals surface area (Å²) in [6.45, 7) is 4.82. The van der Waals surface area contributed by atoms with Gasteiger partial charge in [0.15, 0.2) is 0 Å². The SMILES string of the molecule is CCCOc1ccc(Nc2cc(C)nc3ccc(Cl)cc23)cc1.[Cl-]. The van der Waals surface area contributed by atoms with Gasteiger partial charge in [0.1, 0.15) is 5.75 Å². The summed E-state index contributed by atoms with van der Waals surface area (Å²) in [4.78, 5) is 4.55. The Bertz CT molecular complexity index is 819. The van der Waals surface area contributed by atoms with Crippen LogP contribution in [0.3, 0.4) is 0 Å². The van der Waals surface area contributed by atoms with Crippen molar-refractivity contribution in [3.63, 3.8) is 0 Å². The number of aromatic nitrogens is 1. The van der Waals surface area contributed by atoms with Gasteiger partial charge in [0.2, 0.25) is 0 Å². The standard InChI is InChI=1S/C19H19ClN2O.ClH/c1-3-10-23-16-7-5-15(6-8-16)22-19-11-13(2)21-18-9-4-14(20)12-17(18)19;/h4-9,11-12H,3,10H2,1-2H3,(H,21,22);1H/p-1. The average Bonchev–Trinajstić information content (AvgIpc) is 2.55. The fraction of sp³-hybridized carbons (Fsp3) is 0.211. The number of hydrogen-bond donors (Lipinski definition) is 1. The van der Waals surface area contributed by atoms with E-state index in [1.165, 1.54) is 0 Å². The maximum absolute atomic E-state index is 6.13. The minimum Gasteiger partial charge on any atom is -1.00 e. The van der Waals surface area contributed by atoms with Crippen LogP contribution in [0.5, 0.6) is 5.75 Å². The number of anilines is 2. The van der Waals surface area contributed by atoms with Crippen LogP contribution >= 0.6 is 11.6 Å². The van der Waals surface area contributed by atoms with Crippen molar-refractivity contribution in [2.45, 2.75) is 20.3 Å². The van der Waals surface area contributed by atoms with Crippen LogP contribution in [0, 0.1) is 6.92 Å². The Hall–Kier alpha value is -1.97. The van der Waals surface area contributed by atoms with Crippen molar-refractivity contribution in [2.24, 2.45) is 0 Å². The quantitative estimate of drug-likeness (QED) is 0.758. The van der Waals surface area contributed by atoms with Gasteiger partial charge in [-0.05, 0) is 61.9 Å². The molecule has 0 spiro atoms. The minimum atomic E-state index is 0. The van der Waals surface area contributed by atoms with Gasteiger partial charge >= 0.3 is 0 Å². The third-order valence-electron chi connectivity index (χ3n) is 3.50. The maximum Gasteiger partial charge on any atom is 0.119 e. The van der Waals surface area contributed by atoms with E-state index in [1.54, 1.807) is 0 Å². The Morgan fingerprint density at radius 2 is 1.83 bits per heavy atom. The van der Waals surface area contributed by atoms with Crippen molar-refractivity contribution in [3.8, 4) is 5.75 Å². The third kappa shape index (κ3) is 4.31. The van der Waals surface area contributed by atoms with E-state index >= 15 is 0 Å². The summed E-state index contributed by atoms with van der Waals surface area (Å²) in [6.07, 6.45) is 1.00. The Balaban J connectivity index is 0.00000208. The summed E-state index contributed by atoms with van der Waals surface area (Å²) in [7, 11) is 0. The highest BCUT2D eigenvalue weighted by Gasteiger charge is 2.06. The zero-order chi connectivity index (χ0) is 16.2. The molecule has 0 fully saturated rings. The Morgan fingerprint density at radius 3 is 2.54 bits per heavy atom. The average molecular weight is 362 g/mol. The van der Waals surface area contributed by atoms with E-state index in [1.807, 2.05) is 55.5 Å². The van der Waals surface area contributed by atoms with Gasteiger partial charge in [-0.3, -0.25) is 4.98 Å². The zero-order valence-corrected chi connectivity index (χ0v) is 15.2. The molecule has 2 aromatic carbocycles. The molecule has 0 aliphatic heterocycles. The molecule has 0 unspecified atom stereocenters. The van der Waals surface area contributed by atoms with Gasteiger partial charge in [-0.1, -0.05) is 18.5 Å². The number of halogens is 2. The molecule has 0 atom stereocenters. The summed E-state index contributed by atoms with van der Waals surface area (Å²) >= 11 is 6.13. The molecule has 3 aromatic rings. The van der Waals surface area contributed by atoms with Crippen molar-refractivity contribution in [1.29, 1.82) is 0 Å². The summed E-state index contributed by atoms with van der Waals surface area (Å²) in [5.74, 6) is 0.885. The van der Waals surface area contributed by atoms with Gasteiger partial charge in [0.05, 0.1) is 12.1 Å². The lowest BCUT2D eigenvalue weighted by atomic mass is 10.1. The molecule has 0 aliphatic carbocycles. The molecule has 1 N–H and O–H groups in total. The fourth-order valence-corrected chi connectivity index (χ4v) is 2.62. The molecule has 126 valence electrons. The highest BCUT2D eigenvalue weighted by atomic mass is 35.5. The third-order valence-corrected chi connectivity index (χ3v) is 3.74. The number of nitrogens with one attached hydrogen (secondary N) is 1. The molecule has 0 amide bonds. The van der Waals surface area contributed by atoms with E-state index in [0.717, 1.165) is 46.7 Å². The monoisotopic (exact) mass is 361 g/mol. The van der Waals surface area contributed by atoms with E-state index < -0.39 is 0 Å². The van der Waals surface area contributed by atoms with Crippen LogP contribution in [0.1, 0.15) is 19.0 Å². The highest BCUT2D eigenvalue weighted by molar-refractivity contribution is 6.31. The molecule has 0 bridgehead atoms. The van der Waals surface area contributed by atoms with Crippen LogP contribution in [0.15, 0.2) is 48.5 Å². The van der Waals surface area contributed by atoms with Gasteiger partial charge in [-0.2, -0.15) is 0 Å². The number of fused-ring (bicyclic) bond motifs is 1. The largest absolute Gasteiger partial charge is 1.00 e. The van der Waals surface area contributed by atoms with Gasteiger partial charge in [0.25, 0.3) is 0 Å². The van der Waals surface area contributed by atoms with Gasteiger partial charge < -0.3 is 22.5 Å². The minimum absolute atomic E-state index is 0. The van der Waals surface area contributed by atoms with Crippen LogP contribution in [0.4, 0.5) is 11.4 Å². The maximum atomic E-state index is 6.13. The molecular weight excluding hydrogens is 343 g/mol. The number of benzene rings is 2. The summed E-state index contributed by atoms with van der Waals surface area (Å²) in [5, 5.41) is 5.16. The summed E-state index contributed by atoms with van der Waals surface area (Å²) in [6, 6.07) is 15.7. The fourth-order valence-electron chi connectivity index (χ4n) is 2.44. The van der Waals surface area contributed by atoms with E-state index in [2.05, 4.69) is 17.2 Å². The second-order valence-electron chi connectivity index (χ2n) is 5.47. The summed E-state index contributed by atoms with van der Waals surface area (Å²) in [5.41, 5.74) is 3.89. The van der Waals surface area contributed by atoms with Crippen LogP contribution in [0.25, 0.3) is 10.9 Å². The molecule has 24 heavy (non-hydrogen) atoms. The molecule has 0 aliphatic rings. The summed E-state index contributed by atoms with van der Waals surface area (Å²) < 4.78 is 5.61. The molecule has 0 saturated heterocycles. The zero-order valence-electron chi connectivity index (χ0n) is 13.6. The lowest BCUT2D eigenvalue weighted by molar-refractivity contribution is -0.00000513. The van der Waals surface area contributed by atoms with Crippen molar-refractivity contribution in [2.75, 3.05) is 11.9 Å². The topological polar surface area (TPSA) is 34.1 Å². The van der Waals surface area contributed by atoms with Gasteiger partial charge in [0, 0.05) is 27.5 Å². The first kappa shape index (κ1) is 18.4.